The average Bonchev–Trinajstić information content (AvgIpc) is 3.36. The summed E-state index contributed by atoms with van der Waals surface area (Å²) in [7, 11) is 0. The van der Waals surface area contributed by atoms with Gasteiger partial charge >= 0.3 is 0 Å². The third-order valence-corrected chi connectivity index (χ3v) is 11.8. The smallest absolute Gasteiger partial charge is 0.126 e. The zero-order chi connectivity index (χ0) is 26.3. The van der Waals surface area contributed by atoms with E-state index in [-0.39, 0.29) is 41.2 Å². The minimum Gasteiger partial charge on any atom is -0.392 e. The molecule has 4 fully saturated rings. The number of ether oxygens (including phenoxy) is 2. The molecule has 3 N–H and O–H groups in total. The molecule has 1 unspecified atom stereocenters. The lowest BCUT2D eigenvalue weighted by Crippen LogP contribution is -2.47. The monoisotopic (exact) mass is 498 g/mol. The first-order valence-electron chi connectivity index (χ1n) is 13.9. The molecule has 36 heavy (non-hydrogen) atoms. The van der Waals surface area contributed by atoms with E-state index in [1.165, 1.54) is 0 Å². The van der Waals surface area contributed by atoms with Crippen LogP contribution in [0.2, 0.25) is 0 Å². The summed E-state index contributed by atoms with van der Waals surface area (Å²) in [6, 6.07) is 0. The number of aliphatic hydroxyl groups excluding tert-OH is 3. The van der Waals surface area contributed by atoms with Crippen molar-refractivity contribution in [1.82, 2.24) is 0 Å². The molecular formula is C31H46O5. The predicted molar refractivity (Wildman–Crippen MR) is 141 cm³/mol. The Hall–Kier alpha value is -1.24. The molecule has 200 valence electrons. The fraction of sp³-hybridized carbons (Fsp3) is 0.742. The average molecular weight is 499 g/mol. The maximum Gasteiger partial charge on any atom is 0.126 e. The van der Waals surface area contributed by atoms with E-state index in [0.29, 0.717) is 35.9 Å². The van der Waals surface area contributed by atoms with Crippen molar-refractivity contribution in [2.75, 3.05) is 13.2 Å². The summed E-state index contributed by atoms with van der Waals surface area (Å²) in [5.41, 5.74) is 0.949. The van der Waals surface area contributed by atoms with Gasteiger partial charge in [-0.25, -0.2) is 0 Å². The second kappa shape index (κ2) is 8.64. The fourth-order valence-corrected chi connectivity index (χ4v) is 8.69. The molecule has 2 saturated heterocycles. The molecule has 4 aliphatic carbocycles. The maximum atomic E-state index is 11.1. The highest BCUT2D eigenvalue weighted by molar-refractivity contribution is 5.32. The van der Waals surface area contributed by atoms with Gasteiger partial charge in [0.05, 0.1) is 31.5 Å². The third kappa shape index (κ3) is 3.25. The summed E-state index contributed by atoms with van der Waals surface area (Å²) >= 11 is 0. The zero-order valence-electron chi connectivity index (χ0n) is 22.7. The number of rotatable bonds is 3. The molecular weight excluding hydrogens is 452 g/mol. The molecule has 1 spiro atoms. The molecule has 0 radical (unpaired) electrons. The Morgan fingerprint density at radius 1 is 1.06 bits per heavy atom. The largest absolute Gasteiger partial charge is 0.392 e. The van der Waals surface area contributed by atoms with E-state index in [1.54, 1.807) is 0 Å². The molecule has 0 aromatic rings. The molecule has 2 heterocycles. The van der Waals surface area contributed by atoms with Crippen LogP contribution in [-0.4, -0.2) is 58.6 Å². The first kappa shape index (κ1) is 26.4. The van der Waals surface area contributed by atoms with Crippen LogP contribution in [0.5, 0.6) is 0 Å². The highest BCUT2D eigenvalue weighted by Crippen LogP contribution is 2.68. The van der Waals surface area contributed by atoms with Crippen LogP contribution in [0.4, 0.5) is 0 Å². The Kier molecular flexibility index (Phi) is 6.33. The normalized spacial score (nSPS) is 52.9. The van der Waals surface area contributed by atoms with Crippen molar-refractivity contribution in [3.8, 4) is 0 Å². The molecule has 6 aliphatic rings. The lowest BCUT2D eigenvalue weighted by Gasteiger charge is -2.44. The summed E-state index contributed by atoms with van der Waals surface area (Å²) < 4.78 is 11.7. The SMILES string of the molecule is C=C(CO)C(O)[C@]12C[C@@H]3C=CC[C@@H](C)[C@]3(C)[C@H]1O2.C=C1CO[C@@H](C)[C@]12C[C@@H]1C=CC[C@@H](C)[C@]1(C)[C@H]2O. The molecule has 0 bridgehead atoms. The van der Waals surface area contributed by atoms with Crippen molar-refractivity contribution in [2.45, 2.75) is 90.3 Å². The van der Waals surface area contributed by atoms with Gasteiger partial charge in [-0.2, -0.15) is 0 Å². The molecule has 6 rings (SSSR count). The van der Waals surface area contributed by atoms with Crippen molar-refractivity contribution in [2.24, 2.45) is 39.9 Å². The van der Waals surface area contributed by atoms with E-state index in [2.05, 4.69) is 72.1 Å². The number of hydrogen-bond donors (Lipinski definition) is 3. The van der Waals surface area contributed by atoms with Gasteiger partial charge in [0.25, 0.3) is 0 Å². The number of epoxide rings is 1. The van der Waals surface area contributed by atoms with Gasteiger partial charge in [0, 0.05) is 16.2 Å². The fourth-order valence-electron chi connectivity index (χ4n) is 8.69. The standard InChI is InChI=1S/C16H24O2.C15H22O3/c1-10-6-5-7-13-8-16(14(17)15(10,13)4)11(2)9-18-12(16)3;1-9(8-16)12(17)15-7-11-6-4-5-10(2)14(11,3)13(15)18-15/h5,7,10,12-14,17H,2,6,8-9H2,1,3-4H3;4,6,10-13,16-17H,1,5,7-8H2,2-3H3/t10-,12+,13+,14-,15+,16+;10-,11+,12?,13-,14+,15-/m11/s1. The molecule has 0 aromatic carbocycles. The Labute approximate surface area is 217 Å². The Morgan fingerprint density at radius 2 is 1.64 bits per heavy atom. The van der Waals surface area contributed by atoms with E-state index in [4.69, 9.17) is 14.6 Å². The van der Waals surface area contributed by atoms with Crippen LogP contribution in [0.3, 0.4) is 0 Å². The van der Waals surface area contributed by atoms with Crippen LogP contribution in [0, 0.1) is 39.9 Å². The zero-order valence-corrected chi connectivity index (χ0v) is 22.7. The molecule has 0 amide bonds. The van der Waals surface area contributed by atoms with Crippen molar-refractivity contribution in [3.05, 3.63) is 48.6 Å². The second-order valence-corrected chi connectivity index (χ2v) is 13.2. The van der Waals surface area contributed by atoms with Crippen molar-refractivity contribution >= 4 is 0 Å². The van der Waals surface area contributed by atoms with Gasteiger partial charge in [0.15, 0.2) is 0 Å². The number of allylic oxidation sites excluding steroid dienone is 4. The minimum atomic E-state index is -0.740. The lowest BCUT2D eigenvalue weighted by molar-refractivity contribution is -0.0640. The summed E-state index contributed by atoms with van der Waals surface area (Å²) in [5.74, 6) is 2.01. The maximum absolute atomic E-state index is 11.1. The third-order valence-electron chi connectivity index (χ3n) is 11.8. The number of hydrogen-bond acceptors (Lipinski definition) is 5. The molecule has 2 saturated carbocycles. The van der Waals surface area contributed by atoms with E-state index in [9.17, 15) is 10.2 Å². The molecule has 2 aliphatic heterocycles. The lowest BCUT2D eigenvalue weighted by atomic mass is 9.63. The minimum absolute atomic E-state index is 0.0281. The second-order valence-electron chi connectivity index (χ2n) is 13.2. The summed E-state index contributed by atoms with van der Waals surface area (Å²) in [6.45, 7) is 19.5. The van der Waals surface area contributed by atoms with Gasteiger partial charge in [-0.15, -0.1) is 0 Å². The van der Waals surface area contributed by atoms with Gasteiger partial charge in [0.2, 0.25) is 0 Å². The van der Waals surface area contributed by atoms with Crippen molar-refractivity contribution in [1.29, 1.82) is 0 Å². The van der Waals surface area contributed by atoms with Gasteiger partial charge < -0.3 is 24.8 Å². The summed E-state index contributed by atoms with van der Waals surface area (Å²) in [6.07, 6.45) is 12.2. The van der Waals surface area contributed by atoms with Crippen LogP contribution >= 0.6 is 0 Å². The van der Waals surface area contributed by atoms with Crippen LogP contribution < -0.4 is 0 Å². The topological polar surface area (TPSA) is 82.5 Å². The van der Waals surface area contributed by atoms with Crippen LogP contribution in [0.1, 0.15) is 60.3 Å². The molecule has 12 atom stereocenters. The number of fused-ring (bicyclic) bond motifs is 4. The Morgan fingerprint density at radius 3 is 2.14 bits per heavy atom. The van der Waals surface area contributed by atoms with E-state index < -0.39 is 11.7 Å². The summed E-state index contributed by atoms with van der Waals surface area (Å²) in [5, 5.41) is 30.6. The quantitative estimate of drug-likeness (QED) is 0.392. The van der Waals surface area contributed by atoms with Crippen LogP contribution in [0.15, 0.2) is 48.6 Å². The Bertz CT molecular complexity index is 985. The van der Waals surface area contributed by atoms with E-state index in [1.807, 2.05) is 0 Å². The van der Waals surface area contributed by atoms with Crippen molar-refractivity contribution < 1.29 is 24.8 Å². The van der Waals surface area contributed by atoms with Gasteiger partial charge in [-0.3, -0.25) is 0 Å². The predicted octanol–water partition coefficient (Wildman–Crippen LogP) is 4.59. The molecule has 5 nitrogen and oxygen atoms in total. The van der Waals surface area contributed by atoms with Crippen molar-refractivity contribution in [3.63, 3.8) is 0 Å². The van der Waals surface area contributed by atoms with Gasteiger partial charge in [-0.05, 0) is 67.4 Å². The highest BCUT2D eigenvalue weighted by Gasteiger charge is 2.76. The Balaban J connectivity index is 0.000000148. The van der Waals surface area contributed by atoms with Crippen LogP contribution in [0.25, 0.3) is 0 Å². The van der Waals surface area contributed by atoms with Crippen LogP contribution in [-0.2, 0) is 9.47 Å². The van der Waals surface area contributed by atoms with E-state index >= 15 is 0 Å². The molecule has 0 aromatic heterocycles. The highest BCUT2D eigenvalue weighted by atomic mass is 16.6. The first-order valence-corrected chi connectivity index (χ1v) is 13.9. The molecule has 5 heteroatoms. The number of aliphatic hydroxyl groups is 3. The first-order chi connectivity index (χ1) is 16.9. The van der Waals surface area contributed by atoms with Gasteiger partial charge in [-0.1, -0.05) is 65.2 Å². The summed E-state index contributed by atoms with van der Waals surface area (Å²) in [4.78, 5) is 0. The van der Waals surface area contributed by atoms with Gasteiger partial charge in [0.1, 0.15) is 11.7 Å². The van der Waals surface area contributed by atoms with E-state index in [0.717, 1.165) is 31.3 Å².